The minimum Gasteiger partial charge on any atom is -0.341 e. The first-order valence-corrected chi connectivity index (χ1v) is 6.79. The minimum absolute atomic E-state index is 0.100. The van der Waals surface area contributed by atoms with Crippen LogP contribution in [0.15, 0.2) is 36.7 Å². The summed E-state index contributed by atoms with van der Waals surface area (Å²) in [6.07, 6.45) is 4.82. The van der Waals surface area contributed by atoms with Gasteiger partial charge in [0, 0.05) is 38.8 Å². The van der Waals surface area contributed by atoms with Crippen molar-refractivity contribution in [2.24, 2.45) is 7.05 Å². The second-order valence-corrected chi connectivity index (χ2v) is 5.08. The molecule has 0 unspecified atom stereocenters. The summed E-state index contributed by atoms with van der Waals surface area (Å²) in [6.45, 7) is 0.569. The van der Waals surface area contributed by atoms with Gasteiger partial charge in [0.15, 0.2) is 0 Å². The molecule has 2 aromatic rings. The zero-order valence-electron chi connectivity index (χ0n) is 12.3. The predicted molar refractivity (Wildman–Crippen MR) is 79.2 cm³/mol. The molecule has 2 rings (SSSR count). The molecule has 21 heavy (non-hydrogen) atoms. The number of nitriles is 1. The second kappa shape index (κ2) is 6.71. The number of rotatable bonds is 5. The first kappa shape index (κ1) is 14.8. The van der Waals surface area contributed by atoms with E-state index in [0.717, 1.165) is 11.1 Å². The fourth-order valence-electron chi connectivity index (χ4n) is 2.10. The molecular weight excluding hydrogens is 264 g/mol. The molecule has 0 saturated heterocycles. The third-order valence-electron chi connectivity index (χ3n) is 3.31. The van der Waals surface area contributed by atoms with Crippen LogP contribution < -0.4 is 0 Å². The van der Waals surface area contributed by atoms with Crippen LogP contribution in [0.4, 0.5) is 0 Å². The molecule has 0 saturated carbocycles. The van der Waals surface area contributed by atoms with Crippen LogP contribution in [0, 0.1) is 11.3 Å². The Morgan fingerprint density at radius 2 is 2.05 bits per heavy atom. The van der Waals surface area contributed by atoms with Crippen molar-refractivity contribution in [3.8, 4) is 6.07 Å². The zero-order chi connectivity index (χ0) is 15.2. The highest BCUT2D eigenvalue weighted by atomic mass is 16.2. The Morgan fingerprint density at radius 3 is 2.62 bits per heavy atom. The Labute approximate surface area is 124 Å². The number of carbonyl (C=O) groups excluding carboxylic acids is 1. The fourth-order valence-corrected chi connectivity index (χ4v) is 2.10. The Kier molecular flexibility index (Phi) is 4.72. The van der Waals surface area contributed by atoms with Crippen molar-refractivity contribution in [1.82, 2.24) is 14.7 Å². The van der Waals surface area contributed by atoms with Crippen molar-refractivity contribution in [2.75, 3.05) is 7.05 Å². The van der Waals surface area contributed by atoms with Crippen LogP contribution in [0.25, 0.3) is 0 Å². The molecule has 0 atom stereocenters. The van der Waals surface area contributed by atoms with Crippen LogP contribution in [-0.2, 0) is 24.8 Å². The van der Waals surface area contributed by atoms with Gasteiger partial charge in [0.2, 0.25) is 5.91 Å². The predicted octanol–water partition coefficient (Wildman–Crippen LogP) is 1.88. The van der Waals surface area contributed by atoms with Gasteiger partial charge in [0.05, 0.1) is 17.8 Å². The number of carbonyl (C=O) groups is 1. The lowest BCUT2D eigenvalue weighted by molar-refractivity contribution is -0.130. The molecule has 0 spiro atoms. The summed E-state index contributed by atoms with van der Waals surface area (Å²) in [4.78, 5) is 13.8. The number of nitrogens with zero attached hydrogens (tertiary/aromatic N) is 4. The molecule has 1 aromatic heterocycles. The minimum atomic E-state index is 0.100. The smallest absolute Gasteiger partial charge is 0.222 e. The number of hydrogen-bond acceptors (Lipinski definition) is 3. The molecule has 108 valence electrons. The maximum atomic E-state index is 12.1. The number of hydrogen-bond donors (Lipinski definition) is 0. The van der Waals surface area contributed by atoms with E-state index in [4.69, 9.17) is 5.26 Å². The Hall–Kier alpha value is -2.61. The standard InChI is InChI=1S/C16H18N4O/c1-19(11-15-10-18-20(2)12-15)16(21)8-7-13-3-5-14(9-17)6-4-13/h3-6,10,12H,7-8,11H2,1-2H3. The van der Waals surface area contributed by atoms with E-state index in [2.05, 4.69) is 11.2 Å². The monoisotopic (exact) mass is 282 g/mol. The van der Waals surface area contributed by atoms with Gasteiger partial charge in [-0.25, -0.2) is 0 Å². The van der Waals surface area contributed by atoms with E-state index in [1.54, 1.807) is 35.0 Å². The Balaban J connectivity index is 1.84. The highest BCUT2D eigenvalue weighted by molar-refractivity contribution is 5.76. The number of aromatic nitrogens is 2. The van der Waals surface area contributed by atoms with Gasteiger partial charge in [-0.2, -0.15) is 10.4 Å². The number of amides is 1. The fraction of sp³-hybridized carbons (Fsp3) is 0.312. The van der Waals surface area contributed by atoms with E-state index in [1.807, 2.05) is 25.4 Å². The molecule has 0 N–H and O–H groups in total. The lowest BCUT2D eigenvalue weighted by atomic mass is 10.1. The Morgan fingerprint density at radius 1 is 1.33 bits per heavy atom. The van der Waals surface area contributed by atoms with Crippen LogP contribution in [0.1, 0.15) is 23.1 Å². The molecule has 5 nitrogen and oxygen atoms in total. The van der Waals surface area contributed by atoms with Crippen LogP contribution in [0.2, 0.25) is 0 Å². The van der Waals surface area contributed by atoms with Gasteiger partial charge in [-0.1, -0.05) is 12.1 Å². The number of aryl methyl sites for hydroxylation is 2. The highest BCUT2D eigenvalue weighted by Crippen LogP contribution is 2.08. The maximum absolute atomic E-state index is 12.1. The van der Waals surface area contributed by atoms with Gasteiger partial charge in [-0.15, -0.1) is 0 Å². The average Bonchev–Trinajstić information content (AvgIpc) is 2.90. The van der Waals surface area contributed by atoms with Gasteiger partial charge >= 0.3 is 0 Å². The van der Waals surface area contributed by atoms with Gasteiger partial charge < -0.3 is 4.90 Å². The first-order chi connectivity index (χ1) is 10.1. The summed E-state index contributed by atoms with van der Waals surface area (Å²) in [5.74, 6) is 0.100. The molecule has 0 radical (unpaired) electrons. The SMILES string of the molecule is CN(Cc1cnn(C)c1)C(=O)CCc1ccc(C#N)cc1. The summed E-state index contributed by atoms with van der Waals surface area (Å²) in [5, 5.41) is 12.8. The van der Waals surface area contributed by atoms with Gasteiger partial charge in [-0.05, 0) is 24.1 Å². The van der Waals surface area contributed by atoms with Gasteiger partial charge in [-0.3, -0.25) is 9.48 Å². The van der Waals surface area contributed by atoms with Crippen molar-refractivity contribution in [1.29, 1.82) is 5.26 Å². The molecule has 1 amide bonds. The highest BCUT2D eigenvalue weighted by Gasteiger charge is 2.10. The first-order valence-electron chi connectivity index (χ1n) is 6.79. The van der Waals surface area contributed by atoms with Crippen molar-refractivity contribution < 1.29 is 4.79 Å². The van der Waals surface area contributed by atoms with E-state index in [9.17, 15) is 4.79 Å². The van der Waals surface area contributed by atoms with Gasteiger partial charge in [0.1, 0.15) is 0 Å². The molecule has 0 aliphatic rings. The van der Waals surface area contributed by atoms with E-state index < -0.39 is 0 Å². The third-order valence-corrected chi connectivity index (χ3v) is 3.31. The van der Waals surface area contributed by atoms with Crippen LogP contribution in [-0.4, -0.2) is 27.6 Å². The quantitative estimate of drug-likeness (QED) is 0.841. The van der Waals surface area contributed by atoms with E-state index in [0.29, 0.717) is 24.9 Å². The van der Waals surface area contributed by atoms with E-state index in [1.165, 1.54) is 0 Å². The topological polar surface area (TPSA) is 61.9 Å². The maximum Gasteiger partial charge on any atom is 0.222 e. The van der Waals surface area contributed by atoms with Crippen molar-refractivity contribution >= 4 is 5.91 Å². The van der Waals surface area contributed by atoms with Crippen molar-refractivity contribution in [2.45, 2.75) is 19.4 Å². The largest absolute Gasteiger partial charge is 0.341 e. The molecule has 1 aromatic carbocycles. The van der Waals surface area contributed by atoms with E-state index >= 15 is 0 Å². The van der Waals surface area contributed by atoms with Crippen LogP contribution in [0.5, 0.6) is 0 Å². The lowest BCUT2D eigenvalue weighted by Crippen LogP contribution is -2.26. The van der Waals surface area contributed by atoms with Crippen LogP contribution in [0.3, 0.4) is 0 Å². The molecule has 1 heterocycles. The van der Waals surface area contributed by atoms with Crippen molar-refractivity contribution in [3.05, 3.63) is 53.3 Å². The molecule has 0 aliphatic carbocycles. The summed E-state index contributed by atoms with van der Waals surface area (Å²) >= 11 is 0. The average molecular weight is 282 g/mol. The molecule has 0 bridgehead atoms. The third kappa shape index (κ3) is 4.18. The second-order valence-electron chi connectivity index (χ2n) is 5.08. The van der Waals surface area contributed by atoms with E-state index in [-0.39, 0.29) is 5.91 Å². The van der Waals surface area contributed by atoms with Gasteiger partial charge in [0.25, 0.3) is 0 Å². The molecule has 0 fully saturated rings. The zero-order valence-corrected chi connectivity index (χ0v) is 12.3. The summed E-state index contributed by atoms with van der Waals surface area (Å²) in [5.41, 5.74) is 2.72. The van der Waals surface area contributed by atoms with Crippen molar-refractivity contribution in [3.63, 3.8) is 0 Å². The number of benzene rings is 1. The molecule has 0 aliphatic heterocycles. The Bertz CT molecular complexity index is 652. The molecular formula is C16H18N4O. The molecule has 5 heteroatoms. The summed E-state index contributed by atoms with van der Waals surface area (Å²) < 4.78 is 1.73. The lowest BCUT2D eigenvalue weighted by Gasteiger charge is -2.16. The normalized spacial score (nSPS) is 10.1. The summed E-state index contributed by atoms with van der Waals surface area (Å²) in [7, 11) is 3.66. The van der Waals surface area contributed by atoms with Crippen LogP contribution >= 0.6 is 0 Å². The summed E-state index contributed by atoms with van der Waals surface area (Å²) in [6, 6.07) is 9.43.